The van der Waals surface area contributed by atoms with Gasteiger partial charge in [0.2, 0.25) is 11.8 Å². The second-order valence-corrected chi connectivity index (χ2v) is 6.91. The number of aromatic nitrogens is 4. The van der Waals surface area contributed by atoms with E-state index >= 15 is 0 Å². The van der Waals surface area contributed by atoms with Gasteiger partial charge in [-0.05, 0) is 20.7 Å². The third kappa shape index (κ3) is 3.40. The summed E-state index contributed by atoms with van der Waals surface area (Å²) < 4.78 is 25.1. The second-order valence-electron chi connectivity index (χ2n) is 6.91. The summed E-state index contributed by atoms with van der Waals surface area (Å²) in [4.78, 5) is 24.6. The Balaban J connectivity index is 1.93. The van der Waals surface area contributed by atoms with E-state index in [1.807, 2.05) is 0 Å². The first-order chi connectivity index (χ1) is 13.2. The molecule has 3 rings (SSSR count). The van der Waals surface area contributed by atoms with Crippen LogP contribution in [0.5, 0.6) is 5.88 Å². The number of hydrogen-bond donors (Lipinski definition) is 3. The van der Waals surface area contributed by atoms with Gasteiger partial charge < -0.3 is 30.2 Å². The molecule has 27 heavy (non-hydrogen) atoms. The highest BCUT2D eigenvalue weighted by Gasteiger charge is 2.48. The van der Waals surface area contributed by atoms with E-state index in [1.165, 1.54) is 18.0 Å². The number of hydrogen-bond acceptors (Lipinski definition) is 10. The van der Waals surface area contributed by atoms with Crippen molar-refractivity contribution in [3.63, 3.8) is 0 Å². The predicted molar refractivity (Wildman–Crippen MR) is 92.6 cm³/mol. The number of methoxy groups -OCH3 is 1. The highest BCUT2D eigenvalue weighted by atomic mass is 16.6. The van der Waals surface area contributed by atoms with Crippen LogP contribution in [0.15, 0.2) is 6.33 Å². The average Bonchev–Trinajstić information content (AvgIpc) is 3.22. The van der Waals surface area contributed by atoms with Gasteiger partial charge in [0.05, 0.1) is 25.5 Å². The molecule has 1 aliphatic rings. The van der Waals surface area contributed by atoms with Crippen LogP contribution in [-0.4, -0.2) is 67.7 Å². The van der Waals surface area contributed by atoms with Crippen molar-refractivity contribution in [1.82, 2.24) is 19.5 Å². The second kappa shape index (κ2) is 6.91. The molecule has 3 heterocycles. The smallest absolute Gasteiger partial charge is 0.311 e. The van der Waals surface area contributed by atoms with E-state index in [9.17, 15) is 15.0 Å². The number of carbonyl (C=O) groups excluding carboxylic acids is 1. The fourth-order valence-corrected chi connectivity index (χ4v) is 2.76. The van der Waals surface area contributed by atoms with Gasteiger partial charge in [0.1, 0.15) is 12.2 Å². The average molecular weight is 382 g/mol. The Bertz CT molecular complexity index is 875. The van der Waals surface area contributed by atoms with Crippen molar-refractivity contribution in [2.24, 2.45) is 5.41 Å². The third-order valence-electron chi connectivity index (χ3n) is 4.16. The lowest BCUT2D eigenvalue weighted by Gasteiger charge is -2.24. The van der Waals surface area contributed by atoms with Gasteiger partial charge in [-0.3, -0.25) is 9.36 Å². The van der Waals surface area contributed by atoms with Crippen molar-refractivity contribution in [2.45, 2.75) is 45.3 Å². The zero-order chi connectivity index (χ0) is 20.6. The van der Waals surface area contributed by atoms with Crippen molar-refractivity contribution in [1.29, 1.82) is 0 Å². The molecule has 1 fully saturated rings. The molecule has 2 aromatic rings. The van der Waals surface area contributed by atoms with Crippen LogP contribution in [-0.2, 0) is 14.3 Å². The minimum atomic E-state index is -1.32. The molecular formula is C16H23N5O6. The lowest BCUT2D eigenvalue weighted by atomic mass is 9.97. The highest BCUT2D eigenvalue weighted by molar-refractivity contribution is 5.78. The van der Waals surface area contributed by atoms with Gasteiger partial charge >= 0.3 is 5.97 Å². The first-order valence-electron chi connectivity index (χ1n) is 8.93. The van der Waals surface area contributed by atoms with E-state index in [1.54, 1.807) is 13.8 Å². The monoisotopic (exact) mass is 382 g/mol. The van der Waals surface area contributed by atoms with Crippen LogP contribution >= 0.6 is 0 Å². The van der Waals surface area contributed by atoms with E-state index in [2.05, 4.69) is 15.0 Å². The zero-order valence-electron chi connectivity index (χ0n) is 16.2. The van der Waals surface area contributed by atoms with Crippen molar-refractivity contribution in [3.8, 4) is 5.88 Å². The summed E-state index contributed by atoms with van der Waals surface area (Å²) in [6.45, 7) is 2.45. The van der Waals surface area contributed by atoms with Crippen LogP contribution in [0.1, 0.15) is 28.3 Å². The molecule has 4 N–H and O–H groups in total. The summed E-state index contributed by atoms with van der Waals surface area (Å²) in [5.41, 5.74) is 5.20. The van der Waals surface area contributed by atoms with Gasteiger partial charge in [0, 0.05) is 1.37 Å². The molecular weight excluding hydrogens is 358 g/mol. The van der Waals surface area contributed by atoms with E-state index in [-0.39, 0.29) is 24.4 Å². The van der Waals surface area contributed by atoms with E-state index in [0.29, 0.717) is 5.52 Å². The SMILES string of the molecule is [2H]CC(C)(C)C(=O)O[C@H]1[C@H](O)C(n2cnc3c(OC)nc(N)nc32)O[C@@H]1CO. The molecule has 0 radical (unpaired) electrons. The van der Waals surface area contributed by atoms with Gasteiger partial charge in [0.25, 0.3) is 0 Å². The van der Waals surface area contributed by atoms with Crippen LogP contribution in [0.3, 0.4) is 0 Å². The molecule has 0 saturated carbocycles. The summed E-state index contributed by atoms with van der Waals surface area (Å²) in [6.07, 6.45) is -3.10. The number of ether oxygens (including phenoxy) is 3. The first kappa shape index (κ1) is 17.9. The molecule has 0 aliphatic carbocycles. The number of fused-ring (bicyclic) bond motifs is 1. The number of anilines is 1. The van der Waals surface area contributed by atoms with Crippen LogP contribution < -0.4 is 10.5 Å². The summed E-state index contributed by atoms with van der Waals surface area (Å²) in [7, 11) is 1.41. The Morgan fingerprint density at radius 1 is 1.52 bits per heavy atom. The van der Waals surface area contributed by atoms with Crippen LogP contribution in [0.2, 0.25) is 0 Å². The standard InChI is InChI=1S/C16H23N5O6/c1-16(2,3)14(24)27-10-7(5-22)26-13(9(10)23)21-6-18-8-11(21)19-15(17)20-12(8)25-4/h6-7,9-10,13,22-23H,5H2,1-4H3,(H2,17,19,20)/t7-,9+,10-,13?/m1/s1/i1D. The first-order valence-corrected chi connectivity index (χ1v) is 8.22. The number of nitrogens with zero attached hydrogens (tertiary/aromatic N) is 4. The number of esters is 1. The Hall–Kier alpha value is -2.50. The number of carbonyl (C=O) groups is 1. The fourth-order valence-electron chi connectivity index (χ4n) is 2.76. The highest BCUT2D eigenvalue weighted by Crippen LogP contribution is 2.35. The summed E-state index contributed by atoms with van der Waals surface area (Å²) in [5.74, 6) is -0.567. The maximum Gasteiger partial charge on any atom is 0.311 e. The van der Waals surface area contributed by atoms with E-state index in [0.717, 1.165) is 0 Å². The van der Waals surface area contributed by atoms with Crippen molar-refractivity contribution in [3.05, 3.63) is 6.33 Å². The normalized spacial score (nSPS) is 26.2. The molecule has 2 aromatic heterocycles. The van der Waals surface area contributed by atoms with Gasteiger partial charge in [-0.1, -0.05) is 0 Å². The fraction of sp³-hybridized carbons (Fsp3) is 0.625. The predicted octanol–water partition coefficient (Wildman–Crippen LogP) is -0.374. The molecule has 0 bridgehead atoms. The minimum absolute atomic E-state index is 0.0579. The number of aliphatic hydroxyl groups excluding tert-OH is 2. The molecule has 1 unspecified atom stereocenters. The van der Waals surface area contributed by atoms with Crippen LogP contribution in [0, 0.1) is 5.41 Å². The molecule has 1 aliphatic heterocycles. The molecule has 148 valence electrons. The number of imidazole rings is 1. The number of nitrogen functional groups attached to an aromatic ring is 1. The Labute approximate surface area is 156 Å². The lowest BCUT2D eigenvalue weighted by Crippen LogP contribution is -2.40. The lowest BCUT2D eigenvalue weighted by molar-refractivity contribution is -0.166. The number of nitrogens with two attached hydrogens (primary N) is 1. The van der Waals surface area contributed by atoms with Gasteiger partial charge in [-0.15, -0.1) is 0 Å². The van der Waals surface area contributed by atoms with Gasteiger partial charge in [0.15, 0.2) is 23.5 Å². The zero-order valence-corrected chi connectivity index (χ0v) is 15.2. The number of rotatable bonds is 4. The molecule has 0 aromatic carbocycles. The molecule has 11 heteroatoms. The molecule has 0 spiro atoms. The Morgan fingerprint density at radius 3 is 2.89 bits per heavy atom. The van der Waals surface area contributed by atoms with Crippen molar-refractivity contribution >= 4 is 23.1 Å². The number of aliphatic hydroxyl groups is 2. The van der Waals surface area contributed by atoms with Crippen LogP contribution in [0.4, 0.5) is 5.95 Å². The summed E-state index contributed by atoms with van der Waals surface area (Å²) in [6, 6.07) is 0. The molecule has 11 nitrogen and oxygen atoms in total. The Morgan fingerprint density at radius 2 is 2.26 bits per heavy atom. The minimum Gasteiger partial charge on any atom is -0.479 e. The summed E-state index contributed by atoms with van der Waals surface area (Å²) >= 11 is 0. The van der Waals surface area contributed by atoms with E-state index < -0.39 is 42.5 Å². The van der Waals surface area contributed by atoms with Gasteiger partial charge in [-0.25, -0.2) is 4.98 Å². The molecule has 0 amide bonds. The van der Waals surface area contributed by atoms with Crippen molar-refractivity contribution < 1.29 is 30.6 Å². The Kier molecular flexibility index (Phi) is 4.58. The van der Waals surface area contributed by atoms with E-state index in [4.69, 9.17) is 21.3 Å². The maximum atomic E-state index is 12.3. The molecule has 4 atom stereocenters. The third-order valence-corrected chi connectivity index (χ3v) is 4.16. The quantitative estimate of drug-likeness (QED) is 0.596. The summed E-state index contributed by atoms with van der Waals surface area (Å²) in [5, 5.41) is 20.4. The largest absolute Gasteiger partial charge is 0.479 e. The van der Waals surface area contributed by atoms with Crippen LogP contribution in [0.25, 0.3) is 11.2 Å². The van der Waals surface area contributed by atoms with Gasteiger partial charge in [-0.2, -0.15) is 9.97 Å². The van der Waals surface area contributed by atoms with Crippen molar-refractivity contribution in [2.75, 3.05) is 19.5 Å². The molecule has 1 saturated heterocycles. The maximum absolute atomic E-state index is 12.3. The topological polar surface area (TPSA) is 155 Å².